The van der Waals surface area contributed by atoms with E-state index in [1.165, 1.54) is 0 Å². The van der Waals surface area contributed by atoms with Crippen LogP contribution in [0.1, 0.15) is 45.8 Å². The van der Waals surface area contributed by atoms with Gasteiger partial charge in [0.25, 0.3) is 0 Å². The minimum atomic E-state index is -0.451. The summed E-state index contributed by atoms with van der Waals surface area (Å²) >= 11 is 0. The molecule has 1 unspecified atom stereocenters. The normalized spacial score (nSPS) is 14.2. The van der Waals surface area contributed by atoms with Crippen molar-refractivity contribution in [2.75, 3.05) is 0 Å². The van der Waals surface area contributed by atoms with E-state index in [0.717, 1.165) is 18.7 Å². The minimum absolute atomic E-state index is 0.153. The molecule has 1 aromatic heterocycles. The Labute approximate surface area is 90.7 Å². The first-order valence-corrected chi connectivity index (χ1v) is 5.43. The third kappa shape index (κ3) is 3.63. The molecule has 0 aliphatic rings. The average molecular weight is 212 g/mol. The number of rotatable bonds is 4. The number of hydrogen-bond donors (Lipinski definition) is 1. The van der Waals surface area contributed by atoms with Crippen LogP contribution < -0.4 is 0 Å². The summed E-state index contributed by atoms with van der Waals surface area (Å²) in [4.78, 5) is 4.22. The number of aromatic nitrogens is 2. The lowest BCUT2D eigenvalue weighted by Gasteiger charge is -2.24. The van der Waals surface area contributed by atoms with Crippen LogP contribution in [-0.4, -0.2) is 21.4 Å². The zero-order valence-corrected chi connectivity index (χ0v) is 9.95. The Morgan fingerprint density at radius 3 is 2.60 bits per heavy atom. The molecule has 1 N–H and O–H groups in total. The molecule has 0 amide bonds. The fourth-order valence-electron chi connectivity index (χ4n) is 1.17. The highest BCUT2D eigenvalue weighted by Gasteiger charge is 2.24. The van der Waals surface area contributed by atoms with Gasteiger partial charge in [-0.2, -0.15) is 4.98 Å². The van der Waals surface area contributed by atoms with Gasteiger partial charge in [0.05, 0.1) is 12.5 Å². The fourth-order valence-corrected chi connectivity index (χ4v) is 1.17. The maximum Gasteiger partial charge on any atom is 0.229 e. The lowest BCUT2D eigenvalue weighted by Crippen LogP contribution is -2.28. The van der Waals surface area contributed by atoms with Crippen LogP contribution >= 0.6 is 0 Å². The van der Waals surface area contributed by atoms with Crippen LogP contribution in [0.2, 0.25) is 0 Å². The summed E-state index contributed by atoms with van der Waals surface area (Å²) in [5, 5.41) is 13.7. The van der Waals surface area contributed by atoms with Crippen LogP contribution in [0.3, 0.4) is 0 Å². The van der Waals surface area contributed by atoms with Gasteiger partial charge in [0.2, 0.25) is 5.89 Å². The molecule has 0 aromatic carbocycles. The Bertz CT molecular complexity index is 302. The Morgan fingerprint density at radius 1 is 1.40 bits per heavy atom. The van der Waals surface area contributed by atoms with Crippen LogP contribution in [0.15, 0.2) is 4.52 Å². The minimum Gasteiger partial charge on any atom is -0.392 e. The van der Waals surface area contributed by atoms with Crippen molar-refractivity contribution in [3.63, 3.8) is 0 Å². The van der Waals surface area contributed by atoms with Gasteiger partial charge in [-0.1, -0.05) is 32.9 Å². The van der Waals surface area contributed by atoms with Crippen LogP contribution in [-0.2, 0) is 12.8 Å². The number of aliphatic hydroxyl groups is 1. The molecular formula is C11H20N2O2. The molecule has 0 saturated heterocycles. The van der Waals surface area contributed by atoms with Gasteiger partial charge < -0.3 is 9.63 Å². The van der Waals surface area contributed by atoms with Crippen LogP contribution in [0.5, 0.6) is 0 Å². The van der Waals surface area contributed by atoms with Gasteiger partial charge in [-0.05, 0) is 11.8 Å². The third-order valence-corrected chi connectivity index (χ3v) is 2.35. The van der Waals surface area contributed by atoms with Gasteiger partial charge in [0.1, 0.15) is 0 Å². The molecule has 1 aromatic rings. The van der Waals surface area contributed by atoms with Crippen molar-refractivity contribution in [1.82, 2.24) is 10.1 Å². The summed E-state index contributed by atoms with van der Waals surface area (Å²) in [6.45, 7) is 8.03. The molecule has 0 saturated carbocycles. The molecule has 4 nitrogen and oxygen atoms in total. The van der Waals surface area contributed by atoms with Crippen molar-refractivity contribution in [3.8, 4) is 0 Å². The van der Waals surface area contributed by atoms with E-state index in [9.17, 15) is 5.11 Å². The van der Waals surface area contributed by atoms with Gasteiger partial charge in [-0.3, -0.25) is 0 Å². The highest BCUT2D eigenvalue weighted by atomic mass is 16.5. The molecule has 86 valence electrons. The van der Waals surface area contributed by atoms with Crippen molar-refractivity contribution in [2.24, 2.45) is 5.41 Å². The second kappa shape index (κ2) is 4.75. The monoisotopic (exact) mass is 212 g/mol. The van der Waals surface area contributed by atoms with E-state index in [2.05, 4.69) is 17.1 Å². The third-order valence-electron chi connectivity index (χ3n) is 2.35. The second-order valence-electron chi connectivity index (χ2n) is 4.94. The van der Waals surface area contributed by atoms with Crippen LogP contribution in [0, 0.1) is 5.41 Å². The van der Waals surface area contributed by atoms with Gasteiger partial charge in [-0.25, -0.2) is 0 Å². The van der Waals surface area contributed by atoms with E-state index in [1.807, 2.05) is 20.8 Å². The van der Waals surface area contributed by atoms with Crippen LogP contribution in [0.25, 0.3) is 0 Å². The van der Waals surface area contributed by atoms with E-state index >= 15 is 0 Å². The lowest BCUT2D eigenvalue weighted by atomic mass is 9.87. The molecule has 0 bridgehead atoms. The molecule has 15 heavy (non-hydrogen) atoms. The van der Waals surface area contributed by atoms with Gasteiger partial charge >= 0.3 is 0 Å². The first-order valence-electron chi connectivity index (χ1n) is 5.43. The summed E-state index contributed by atoms with van der Waals surface area (Å²) in [6.07, 6.45) is 1.81. The van der Waals surface area contributed by atoms with Crippen molar-refractivity contribution in [2.45, 2.75) is 53.1 Å². The molecule has 0 fully saturated rings. The van der Waals surface area contributed by atoms with E-state index < -0.39 is 6.10 Å². The SMILES string of the molecule is CCCc1noc(CC(O)C(C)(C)C)n1. The lowest BCUT2D eigenvalue weighted by molar-refractivity contribution is 0.0565. The molecular weight excluding hydrogens is 192 g/mol. The molecule has 0 aliphatic carbocycles. The standard InChI is InChI=1S/C11H20N2O2/c1-5-6-9-12-10(15-13-9)7-8(14)11(2,3)4/h8,14H,5-7H2,1-4H3. The second-order valence-corrected chi connectivity index (χ2v) is 4.94. The van der Waals surface area contributed by atoms with E-state index in [4.69, 9.17) is 4.52 Å². The zero-order valence-electron chi connectivity index (χ0n) is 9.95. The molecule has 0 spiro atoms. The highest BCUT2D eigenvalue weighted by Crippen LogP contribution is 2.21. The van der Waals surface area contributed by atoms with Crippen LogP contribution in [0.4, 0.5) is 0 Å². The summed E-state index contributed by atoms with van der Waals surface area (Å²) in [7, 11) is 0. The number of aryl methyl sites for hydroxylation is 1. The molecule has 0 radical (unpaired) electrons. The fraction of sp³-hybridized carbons (Fsp3) is 0.818. The maximum atomic E-state index is 9.85. The Kier molecular flexibility index (Phi) is 3.85. The first kappa shape index (κ1) is 12.2. The first-order chi connectivity index (χ1) is 6.93. The summed E-state index contributed by atoms with van der Waals surface area (Å²) < 4.78 is 5.06. The molecule has 1 rings (SSSR count). The van der Waals surface area contributed by atoms with E-state index in [0.29, 0.717) is 12.3 Å². The van der Waals surface area contributed by atoms with Gasteiger partial charge in [0, 0.05) is 6.42 Å². The number of nitrogens with zero attached hydrogens (tertiary/aromatic N) is 2. The van der Waals surface area contributed by atoms with Crippen molar-refractivity contribution < 1.29 is 9.63 Å². The van der Waals surface area contributed by atoms with Gasteiger partial charge in [0.15, 0.2) is 5.82 Å². The Balaban J connectivity index is 2.57. The summed E-state index contributed by atoms with van der Waals surface area (Å²) in [5.74, 6) is 1.26. The average Bonchev–Trinajstić information content (AvgIpc) is 2.51. The van der Waals surface area contributed by atoms with Crippen molar-refractivity contribution in [1.29, 1.82) is 0 Å². The van der Waals surface area contributed by atoms with E-state index in [1.54, 1.807) is 0 Å². The maximum absolute atomic E-state index is 9.85. The van der Waals surface area contributed by atoms with Gasteiger partial charge in [-0.15, -0.1) is 0 Å². The Hall–Kier alpha value is -0.900. The summed E-state index contributed by atoms with van der Waals surface area (Å²) in [5.41, 5.74) is -0.153. The van der Waals surface area contributed by atoms with Crippen molar-refractivity contribution >= 4 is 0 Å². The molecule has 4 heteroatoms. The topological polar surface area (TPSA) is 59.2 Å². The highest BCUT2D eigenvalue weighted by molar-refractivity contribution is 4.90. The number of hydrogen-bond acceptors (Lipinski definition) is 4. The molecule has 0 aliphatic heterocycles. The summed E-state index contributed by atoms with van der Waals surface area (Å²) in [6, 6.07) is 0. The predicted octanol–water partition coefficient (Wildman–Crippen LogP) is 1.97. The van der Waals surface area contributed by atoms with Crippen molar-refractivity contribution in [3.05, 3.63) is 11.7 Å². The molecule has 1 atom stereocenters. The molecule has 1 heterocycles. The number of aliphatic hydroxyl groups excluding tert-OH is 1. The van der Waals surface area contributed by atoms with E-state index in [-0.39, 0.29) is 5.41 Å². The smallest absolute Gasteiger partial charge is 0.229 e. The largest absolute Gasteiger partial charge is 0.392 e. The quantitative estimate of drug-likeness (QED) is 0.829. The Morgan fingerprint density at radius 2 is 2.07 bits per heavy atom. The zero-order chi connectivity index (χ0) is 11.5. The predicted molar refractivity (Wildman–Crippen MR) is 57.5 cm³/mol.